The summed E-state index contributed by atoms with van der Waals surface area (Å²) in [6.45, 7) is 6.12. The summed E-state index contributed by atoms with van der Waals surface area (Å²) in [7, 11) is 0. The lowest BCUT2D eigenvalue weighted by Crippen LogP contribution is -2.36. The first-order valence-corrected chi connectivity index (χ1v) is 12.4. The quantitative estimate of drug-likeness (QED) is 0.248. The van der Waals surface area contributed by atoms with E-state index in [9.17, 15) is 14.4 Å². The Labute approximate surface area is 212 Å². The van der Waals surface area contributed by atoms with Crippen LogP contribution in [-0.4, -0.2) is 41.2 Å². The van der Waals surface area contributed by atoms with Crippen molar-refractivity contribution >= 4 is 39.1 Å². The molecule has 0 aliphatic heterocycles. The second-order valence-corrected chi connectivity index (χ2v) is 9.19. The highest BCUT2D eigenvalue weighted by atomic mass is 32.1. The number of carbonyl (C=O) groups excluding carboxylic acids is 2. The molecule has 0 fully saturated rings. The lowest BCUT2D eigenvalue weighted by atomic mass is 10.2. The molecular formula is C27H27N3O5S. The van der Waals surface area contributed by atoms with Gasteiger partial charge in [-0.15, -0.1) is 11.3 Å². The molecule has 2 aromatic heterocycles. The number of fused-ring (bicyclic) bond motifs is 1. The molecule has 0 atom stereocenters. The van der Waals surface area contributed by atoms with Crippen molar-refractivity contribution in [2.75, 3.05) is 24.7 Å². The molecule has 0 aliphatic rings. The average molecular weight is 506 g/mol. The minimum absolute atomic E-state index is 0.0688. The van der Waals surface area contributed by atoms with Crippen LogP contribution in [0.25, 0.3) is 10.2 Å². The van der Waals surface area contributed by atoms with Gasteiger partial charge in [-0.1, -0.05) is 30.3 Å². The second kappa shape index (κ2) is 11.2. The molecule has 0 N–H and O–H groups in total. The van der Waals surface area contributed by atoms with Crippen LogP contribution in [0.1, 0.15) is 27.7 Å². The van der Waals surface area contributed by atoms with Crippen molar-refractivity contribution in [2.24, 2.45) is 0 Å². The number of benzene rings is 2. The van der Waals surface area contributed by atoms with Gasteiger partial charge in [0.1, 0.15) is 35.2 Å². The zero-order chi connectivity index (χ0) is 25.7. The van der Waals surface area contributed by atoms with Crippen LogP contribution in [0.15, 0.2) is 65.7 Å². The Bertz CT molecular complexity index is 1450. The van der Waals surface area contributed by atoms with Crippen LogP contribution >= 0.6 is 11.3 Å². The molecule has 4 rings (SSSR count). The van der Waals surface area contributed by atoms with Crippen LogP contribution in [0, 0.1) is 13.8 Å². The maximum atomic E-state index is 13.2. The number of amides is 1. The number of carbonyl (C=O) groups is 2. The fraction of sp³-hybridized carbons (Fsp3) is 0.259. The Morgan fingerprint density at radius 3 is 2.56 bits per heavy atom. The minimum atomic E-state index is -0.536. The van der Waals surface area contributed by atoms with Gasteiger partial charge < -0.3 is 14.4 Å². The number of likely N-dealkylation sites (N-methyl/N-ethyl adjacent to an activating group) is 1. The fourth-order valence-corrected chi connectivity index (χ4v) is 4.91. The van der Waals surface area contributed by atoms with E-state index in [2.05, 4.69) is 4.98 Å². The van der Waals surface area contributed by atoms with Gasteiger partial charge in [0.15, 0.2) is 0 Å². The second-order valence-electron chi connectivity index (χ2n) is 8.19. The van der Waals surface area contributed by atoms with Crippen molar-refractivity contribution in [3.63, 3.8) is 0 Å². The van der Waals surface area contributed by atoms with Gasteiger partial charge in [-0.25, -0.2) is 9.78 Å². The first-order chi connectivity index (χ1) is 17.4. The topological polar surface area (TPSA) is 90.7 Å². The first-order valence-electron chi connectivity index (χ1n) is 11.6. The number of hydrogen-bond acceptors (Lipinski definition) is 7. The Kier molecular flexibility index (Phi) is 7.80. The molecule has 4 aromatic rings. The Balaban J connectivity index is 1.48. The lowest BCUT2D eigenvalue weighted by Gasteiger charge is -2.22. The zero-order valence-corrected chi connectivity index (χ0v) is 21.2. The summed E-state index contributed by atoms with van der Waals surface area (Å²) >= 11 is 1.10. The highest BCUT2D eigenvalue weighted by Crippen LogP contribution is 2.27. The van der Waals surface area contributed by atoms with Crippen molar-refractivity contribution in [1.82, 2.24) is 9.55 Å². The molecule has 0 bridgehead atoms. The summed E-state index contributed by atoms with van der Waals surface area (Å²) in [4.78, 5) is 45.7. The molecule has 186 valence electrons. The maximum absolute atomic E-state index is 13.2. The molecule has 0 spiro atoms. The van der Waals surface area contributed by atoms with Gasteiger partial charge in [-0.05, 0) is 56.2 Å². The van der Waals surface area contributed by atoms with E-state index in [0.717, 1.165) is 22.6 Å². The molecule has 0 saturated carbocycles. The van der Waals surface area contributed by atoms with Crippen LogP contribution in [0.3, 0.4) is 0 Å². The number of aromatic nitrogens is 2. The summed E-state index contributed by atoms with van der Waals surface area (Å²) in [6.07, 6.45) is 1.35. The highest BCUT2D eigenvalue weighted by Gasteiger charge is 2.22. The fourth-order valence-electron chi connectivity index (χ4n) is 3.87. The molecule has 0 radical (unpaired) electrons. The third-order valence-electron chi connectivity index (χ3n) is 5.67. The Morgan fingerprint density at radius 1 is 1.06 bits per heavy atom. The third kappa shape index (κ3) is 5.46. The van der Waals surface area contributed by atoms with E-state index in [-0.39, 0.29) is 31.2 Å². The number of thiophene rings is 1. The number of aryl methyl sites for hydroxylation is 2. The SMILES string of the molecule is CCN(C(=O)Cn1cnc2sc(C(=O)OCCOc3ccccc3)c(C)c2c1=O)c1cccc(C)c1. The molecular weight excluding hydrogens is 478 g/mol. The predicted octanol–water partition coefficient (Wildman–Crippen LogP) is 4.36. The molecule has 2 aromatic carbocycles. The monoisotopic (exact) mass is 505 g/mol. The van der Waals surface area contributed by atoms with E-state index >= 15 is 0 Å². The van der Waals surface area contributed by atoms with Crippen molar-refractivity contribution in [3.05, 3.63) is 87.3 Å². The summed E-state index contributed by atoms with van der Waals surface area (Å²) in [5.74, 6) is -0.0713. The van der Waals surface area contributed by atoms with Gasteiger partial charge in [0.2, 0.25) is 5.91 Å². The third-order valence-corrected chi connectivity index (χ3v) is 6.85. The van der Waals surface area contributed by atoms with E-state index in [0.29, 0.717) is 33.0 Å². The molecule has 1 amide bonds. The van der Waals surface area contributed by atoms with Crippen LogP contribution < -0.4 is 15.2 Å². The minimum Gasteiger partial charge on any atom is -0.490 e. The highest BCUT2D eigenvalue weighted by molar-refractivity contribution is 7.20. The van der Waals surface area contributed by atoms with Crippen LogP contribution in [0.4, 0.5) is 5.69 Å². The molecule has 2 heterocycles. The van der Waals surface area contributed by atoms with Gasteiger partial charge in [-0.2, -0.15) is 0 Å². The molecule has 8 nitrogen and oxygen atoms in total. The molecule has 0 unspecified atom stereocenters. The normalized spacial score (nSPS) is 10.9. The molecule has 36 heavy (non-hydrogen) atoms. The van der Waals surface area contributed by atoms with Crippen LogP contribution in [0.5, 0.6) is 5.75 Å². The number of rotatable bonds is 9. The van der Waals surface area contributed by atoms with Crippen molar-refractivity contribution in [1.29, 1.82) is 0 Å². The number of anilines is 1. The van der Waals surface area contributed by atoms with Gasteiger partial charge in [0, 0.05) is 12.2 Å². The first kappa shape index (κ1) is 25.1. The van der Waals surface area contributed by atoms with E-state index in [1.165, 1.54) is 10.9 Å². The average Bonchev–Trinajstić information content (AvgIpc) is 3.21. The van der Waals surface area contributed by atoms with Gasteiger partial charge in [0.25, 0.3) is 5.56 Å². The summed E-state index contributed by atoms with van der Waals surface area (Å²) in [6, 6.07) is 16.9. The van der Waals surface area contributed by atoms with Crippen molar-refractivity contribution < 1.29 is 19.1 Å². The van der Waals surface area contributed by atoms with Crippen LogP contribution in [-0.2, 0) is 16.1 Å². The van der Waals surface area contributed by atoms with E-state index in [1.54, 1.807) is 11.8 Å². The number of para-hydroxylation sites is 1. The van der Waals surface area contributed by atoms with Gasteiger partial charge in [-0.3, -0.25) is 14.2 Å². The number of ether oxygens (including phenoxy) is 2. The molecule has 0 aliphatic carbocycles. The van der Waals surface area contributed by atoms with Crippen molar-refractivity contribution in [2.45, 2.75) is 27.3 Å². The van der Waals surface area contributed by atoms with E-state index in [4.69, 9.17) is 9.47 Å². The standard InChI is InChI=1S/C27H27N3O5S/c1-4-30(20-10-8-9-18(2)15-20)22(31)16-29-17-28-25-23(26(29)32)19(3)24(36-25)27(33)35-14-13-34-21-11-6-5-7-12-21/h5-12,15,17H,4,13-14,16H2,1-3H3. The maximum Gasteiger partial charge on any atom is 0.348 e. The van der Waals surface area contributed by atoms with Gasteiger partial charge in [0.05, 0.1) is 11.7 Å². The van der Waals surface area contributed by atoms with Gasteiger partial charge >= 0.3 is 5.97 Å². The summed E-state index contributed by atoms with van der Waals surface area (Å²) in [5.41, 5.74) is 1.94. The molecule has 9 heteroatoms. The Morgan fingerprint density at radius 2 is 1.83 bits per heavy atom. The largest absolute Gasteiger partial charge is 0.490 e. The predicted molar refractivity (Wildman–Crippen MR) is 140 cm³/mol. The Hall–Kier alpha value is -3.98. The van der Waals surface area contributed by atoms with E-state index in [1.807, 2.05) is 68.4 Å². The van der Waals surface area contributed by atoms with E-state index < -0.39 is 5.97 Å². The lowest BCUT2D eigenvalue weighted by molar-refractivity contribution is -0.119. The number of nitrogens with zero attached hydrogens (tertiary/aromatic N) is 3. The number of hydrogen-bond donors (Lipinski definition) is 0. The zero-order valence-electron chi connectivity index (χ0n) is 20.4. The summed E-state index contributed by atoms with van der Waals surface area (Å²) < 4.78 is 12.2. The molecule has 0 saturated heterocycles. The van der Waals surface area contributed by atoms with Crippen molar-refractivity contribution in [3.8, 4) is 5.75 Å². The van der Waals surface area contributed by atoms with Crippen LogP contribution in [0.2, 0.25) is 0 Å². The summed E-state index contributed by atoms with van der Waals surface area (Å²) in [5, 5.41) is 0.321. The number of esters is 1. The smallest absolute Gasteiger partial charge is 0.348 e.